The second-order valence-electron chi connectivity index (χ2n) is 2.81. The molecule has 0 amide bonds. The zero-order valence-electron chi connectivity index (χ0n) is 7.56. The first-order valence-corrected chi connectivity index (χ1v) is 4.29. The van der Waals surface area contributed by atoms with Crippen molar-refractivity contribution >= 4 is 11.6 Å². The summed E-state index contributed by atoms with van der Waals surface area (Å²) < 4.78 is 64.3. The van der Waals surface area contributed by atoms with E-state index in [4.69, 9.17) is 11.6 Å². The number of hydrogen-bond acceptors (Lipinski definition) is 2. The summed E-state index contributed by atoms with van der Waals surface area (Å²) in [6.45, 7) is -1.79. The van der Waals surface area contributed by atoms with Gasteiger partial charge in [-0.1, -0.05) is 11.6 Å². The minimum atomic E-state index is -5.63. The molecule has 0 saturated carbocycles. The minimum Gasteiger partial charge on any atom is -0.485 e. The Balaban J connectivity index is 2.61. The number of hydrogen-bond donors (Lipinski definition) is 0. The molecular formula is C8H5ClF5NO. The first-order chi connectivity index (χ1) is 7.22. The standard InChI is InChI=1S/C8H5ClF5NO/c9-6-2-1-5(3-15-6)16-4-7(10,11)8(12,13)14/h1-3H,4H2. The van der Waals surface area contributed by atoms with Crippen molar-refractivity contribution in [3.8, 4) is 5.75 Å². The molecule has 0 saturated heterocycles. The van der Waals surface area contributed by atoms with E-state index in [0.29, 0.717) is 0 Å². The summed E-state index contributed by atoms with van der Waals surface area (Å²) in [6.07, 6.45) is -4.68. The fourth-order valence-electron chi connectivity index (χ4n) is 0.703. The van der Waals surface area contributed by atoms with Crippen molar-refractivity contribution in [2.24, 2.45) is 0 Å². The van der Waals surface area contributed by atoms with Gasteiger partial charge in [-0.05, 0) is 12.1 Å². The number of aromatic nitrogens is 1. The number of halogens is 6. The van der Waals surface area contributed by atoms with E-state index in [1.165, 1.54) is 6.07 Å². The molecule has 1 aromatic rings. The molecule has 8 heteroatoms. The fraction of sp³-hybridized carbons (Fsp3) is 0.375. The molecule has 2 nitrogen and oxygen atoms in total. The minimum absolute atomic E-state index is 0.0786. The van der Waals surface area contributed by atoms with Gasteiger partial charge in [0.2, 0.25) is 0 Å². The van der Waals surface area contributed by atoms with Crippen LogP contribution in [0.15, 0.2) is 18.3 Å². The van der Waals surface area contributed by atoms with Gasteiger partial charge in [0.15, 0.2) is 6.61 Å². The molecule has 1 aromatic heterocycles. The molecule has 0 aromatic carbocycles. The summed E-state index contributed by atoms with van der Waals surface area (Å²) in [4.78, 5) is 3.46. The molecule has 0 radical (unpaired) electrons. The maximum absolute atomic E-state index is 12.4. The third-order valence-electron chi connectivity index (χ3n) is 1.54. The maximum atomic E-state index is 12.4. The molecule has 0 aliphatic heterocycles. The lowest BCUT2D eigenvalue weighted by molar-refractivity contribution is -0.290. The Bertz CT molecular complexity index is 350. The number of rotatable bonds is 3. The molecular weight excluding hydrogens is 257 g/mol. The Morgan fingerprint density at radius 1 is 1.19 bits per heavy atom. The Labute approximate surface area is 92.0 Å². The molecule has 1 heterocycles. The van der Waals surface area contributed by atoms with Crippen LogP contribution in [-0.2, 0) is 0 Å². The second kappa shape index (κ2) is 4.40. The topological polar surface area (TPSA) is 22.1 Å². The van der Waals surface area contributed by atoms with Crippen LogP contribution in [0, 0.1) is 0 Å². The van der Waals surface area contributed by atoms with E-state index in [0.717, 1.165) is 12.3 Å². The summed E-state index contributed by atoms with van der Waals surface area (Å²) >= 11 is 5.38. The third kappa shape index (κ3) is 3.19. The molecule has 0 N–H and O–H groups in total. The lowest BCUT2D eigenvalue weighted by Gasteiger charge is -2.19. The molecule has 0 aliphatic carbocycles. The van der Waals surface area contributed by atoms with Crippen LogP contribution in [0.1, 0.15) is 0 Å². The van der Waals surface area contributed by atoms with E-state index < -0.39 is 18.7 Å². The number of pyridine rings is 1. The first-order valence-electron chi connectivity index (χ1n) is 3.91. The van der Waals surface area contributed by atoms with Crippen LogP contribution in [0.4, 0.5) is 22.0 Å². The molecule has 0 spiro atoms. The predicted molar refractivity (Wildman–Crippen MR) is 45.7 cm³/mol. The van der Waals surface area contributed by atoms with Gasteiger partial charge in [0.1, 0.15) is 10.9 Å². The van der Waals surface area contributed by atoms with E-state index >= 15 is 0 Å². The molecule has 0 bridgehead atoms. The lowest BCUT2D eigenvalue weighted by atomic mass is 10.3. The van der Waals surface area contributed by atoms with Gasteiger partial charge in [-0.3, -0.25) is 0 Å². The van der Waals surface area contributed by atoms with Crippen LogP contribution in [0.5, 0.6) is 5.75 Å². The van der Waals surface area contributed by atoms with Crippen LogP contribution in [0.25, 0.3) is 0 Å². The highest BCUT2D eigenvalue weighted by atomic mass is 35.5. The van der Waals surface area contributed by atoms with Crippen molar-refractivity contribution in [1.82, 2.24) is 4.98 Å². The SMILES string of the molecule is FC(F)(F)C(F)(F)COc1ccc(Cl)nc1. The highest BCUT2D eigenvalue weighted by Crippen LogP contribution is 2.35. The normalized spacial score (nSPS) is 12.6. The zero-order valence-corrected chi connectivity index (χ0v) is 8.32. The summed E-state index contributed by atoms with van der Waals surface area (Å²) in [6, 6.07) is 2.35. The van der Waals surface area contributed by atoms with Crippen LogP contribution in [-0.4, -0.2) is 23.7 Å². The Morgan fingerprint density at radius 3 is 2.25 bits per heavy atom. The van der Waals surface area contributed by atoms with E-state index in [9.17, 15) is 22.0 Å². The van der Waals surface area contributed by atoms with Gasteiger partial charge in [-0.2, -0.15) is 22.0 Å². The predicted octanol–water partition coefficient (Wildman–Crippen LogP) is 3.31. The van der Waals surface area contributed by atoms with E-state index in [-0.39, 0.29) is 10.9 Å². The Morgan fingerprint density at radius 2 is 1.81 bits per heavy atom. The third-order valence-corrected chi connectivity index (χ3v) is 1.76. The molecule has 0 atom stereocenters. The summed E-state index contributed by atoms with van der Waals surface area (Å²) in [5, 5.41) is 0.0786. The molecule has 0 fully saturated rings. The van der Waals surface area contributed by atoms with E-state index in [1.54, 1.807) is 0 Å². The zero-order chi connectivity index (χ0) is 12.4. The highest BCUT2D eigenvalue weighted by molar-refractivity contribution is 6.29. The van der Waals surface area contributed by atoms with Crippen molar-refractivity contribution in [1.29, 1.82) is 0 Å². The van der Waals surface area contributed by atoms with Crippen LogP contribution >= 0.6 is 11.6 Å². The number of nitrogens with zero attached hydrogens (tertiary/aromatic N) is 1. The van der Waals surface area contributed by atoms with Gasteiger partial charge in [0.05, 0.1) is 6.20 Å². The van der Waals surface area contributed by atoms with Crippen LogP contribution in [0.3, 0.4) is 0 Å². The Kier molecular flexibility index (Phi) is 3.57. The van der Waals surface area contributed by atoms with Gasteiger partial charge in [-0.25, -0.2) is 4.98 Å². The summed E-state index contributed by atoms with van der Waals surface area (Å²) in [5.41, 5.74) is 0. The van der Waals surface area contributed by atoms with Gasteiger partial charge >= 0.3 is 12.1 Å². The average Bonchev–Trinajstić information content (AvgIpc) is 2.15. The smallest absolute Gasteiger partial charge is 0.456 e. The number of alkyl halides is 5. The van der Waals surface area contributed by atoms with Crippen molar-refractivity contribution in [3.63, 3.8) is 0 Å². The lowest BCUT2D eigenvalue weighted by Crippen LogP contribution is -2.41. The van der Waals surface area contributed by atoms with E-state index in [1.807, 2.05) is 0 Å². The molecule has 0 unspecified atom stereocenters. The largest absolute Gasteiger partial charge is 0.485 e. The second-order valence-corrected chi connectivity index (χ2v) is 3.19. The fourth-order valence-corrected chi connectivity index (χ4v) is 0.815. The quantitative estimate of drug-likeness (QED) is 0.615. The van der Waals surface area contributed by atoms with Crippen molar-refractivity contribution < 1.29 is 26.7 Å². The molecule has 16 heavy (non-hydrogen) atoms. The van der Waals surface area contributed by atoms with Gasteiger partial charge < -0.3 is 4.74 Å². The van der Waals surface area contributed by atoms with Crippen molar-refractivity contribution in [2.75, 3.05) is 6.61 Å². The molecule has 1 rings (SSSR count). The maximum Gasteiger partial charge on any atom is 0.456 e. The Hall–Kier alpha value is -1.11. The number of ether oxygens (including phenoxy) is 1. The average molecular weight is 262 g/mol. The van der Waals surface area contributed by atoms with Crippen LogP contribution < -0.4 is 4.74 Å². The summed E-state index contributed by atoms with van der Waals surface area (Å²) in [7, 11) is 0. The van der Waals surface area contributed by atoms with Gasteiger partial charge in [0, 0.05) is 0 Å². The van der Waals surface area contributed by atoms with Gasteiger partial charge in [-0.15, -0.1) is 0 Å². The molecule has 0 aliphatic rings. The van der Waals surface area contributed by atoms with Crippen LogP contribution in [0.2, 0.25) is 5.15 Å². The summed E-state index contributed by atoms with van der Waals surface area (Å²) in [5.74, 6) is -5.11. The highest BCUT2D eigenvalue weighted by Gasteiger charge is 2.58. The van der Waals surface area contributed by atoms with Crippen molar-refractivity contribution in [3.05, 3.63) is 23.5 Å². The van der Waals surface area contributed by atoms with Gasteiger partial charge in [0.25, 0.3) is 0 Å². The first kappa shape index (κ1) is 13.0. The molecule has 90 valence electrons. The van der Waals surface area contributed by atoms with Crippen molar-refractivity contribution in [2.45, 2.75) is 12.1 Å². The monoisotopic (exact) mass is 261 g/mol. The van der Waals surface area contributed by atoms with E-state index in [2.05, 4.69) is 9.72 Å².